The zero-order valence-electron chi connectivity index (χ0n) is 17.9. The number of nitrogens with one attached hydrogen (secondary N) is 1. The first-order valence-electron chi connectivity index (χ1n) is 10.9. The first kappa shape index (κ1) is 23.0. The van der Waals surface area contributed by atoms with E-state index in [9.17, 15) is 17.6 Å². The second-order valence-electron chi connectivity index (χ2n) is 8.72. The molecule has 1 heterocycles. The van der Waals surface area contributed by atoms with E-state index in [0.717, 1.165) is 24.7 Å². The van der Waals surface area contributed by atoms with E-state index >= 15 is 0 Å². The van der Waals surface area contributed by atoms with Gasteiger partial charge in [0.1, 0.15) is 11.4 Å². The van der Waals surface area contributed by atoms with Crippen molar-refractivity contribution in [2.24, 2.45) is 5.92 Å². The number of carbonyl (C=O) groups is 1. The summed E-state index contributed by atoms with van der Waals surface area (Å²) in [4.78, 5) is 14.9. The van der Waals surface area contributed by atoms with Gasteiger partial charge >= 0.3 is 6.09 Å². The van der Waals surface area contributed by atoms with Crippen molar-refractivity contribution < 1.29 is 22.3 Å². The van der Waals surface area contributed by atoms with Crippen molar-refractivity contribution in [1.29, 1.82) is 0 Å². The number of cyclic esters (lactones) is 1. The van der Waals surface area contributed by atoms with Crippen LogP contribution < -0.4 is 4.72 Å². The summed E-state index contributed by atoms with van der Waals surface area (Å²) in [6, 6.07) is 6.20. The molecule has 168 valence electrons. The molecule has 1 saturated carbocycles. The molecular weight excluding hydrogens is 407 g/mol. The molecular formula is C22H33FN2O4S. The third-order valence-electron chi connectivity index (χ3n) is 6.59. The van der Waals surface area contributed by atoms with Gasteiger partial charge in [-0.15, -0.1) is 0 Å². The van der Waals surface area contributed by atoms with E-state index < -0.39 is 15.6 Å². The van der Waals surface area contributed by atoms with E-state index in [-0.39, 0.29) is 24.5 Å². The molecule has 8 heteroatoms. The van der Waals surface area contributed by atoms with Gasteiger partial charge in [0, 0.05) is 25.6 Å². The van der Waals surface area contributed by atoms with Gasteiger partial charge in [-0.05, 0) is 56.2 Å². The van der Waals surface area contributed by atoms with Gasteiger partial charge in [-0.25, -0.2) is 22.3 Å². The van der Waals surface area contributed by atoms with Gasteiger partial charge in [-0.3, -0.25) is 0 Å². The Bertz CT molecular complexity index is 824. The molecule has 1 aliphatic carbocycles. The summed E-state index contributed by atoms with van der Waals surface area (Å²) in [7, 11) is -3.28. The van der Waals surface area contributed by atoms with Crippen LogP contribution in [0.5, 0.6) is 0 Å². The Hall–Kier alpha value is -1.67. The van der Waals surface area contributed by atoms with Crippen LogP contribution >= 0.6 is 0 Å². The molecule has 0 spiro atoms. The Morgan fingerprint density at radius 3 is 2.50 bits per heavy atom. The van der Waals surface area contributed by atoms with Gasteiger partial charge in [0.15, 0.2) is 0 Å². The largest absolute Gasteiger partial charge is 0.438 e. The predicted octanol–water partition coefficient (Wildman–Crippen LogP) is 4.16. The summed E-state index contributed by atoms with van der Waals surface area (Å²) in [6.07, 6.45) is 8.34. The van der Waals surface area contributed by atoms with Crippen molar-refractivity contribution in [1.82, 2.24) is 9.62 Å². The summed E-state index contributed by atoms with van der Waals surface area (Å²) in [5, 5.41) is 0. The first-order valence-corrected chi connectivity index (χ1v) is 12.8. The van der Waals surface area contributed by atoms with E-state index in [1.54, 1.807) is 12.1 Å². The monoisotopic (exact) mass is 440 g/mol. The van der Waals surface area contributed by atoms with Crippen LogP contribution in [0.25, 0.3) is 0 Å². The highest BCUT2D eigenvalue weighted by Crippen LogP contribution is 2.40. The van der Waals surface area contributed by atoms with Crippen molar-refractivity contribution in [3.63, 3.8) is 0 Å². The number of ether oxygens (including phenoxy) is 1. The van der Waals surface area contributed by atoms with E-state index in [1.807, 2.05) is 4.90 Å². The van der Waals surface area contributed by atoms with Gasteiger partial charge in [-0.2, -0.15) is 0 Å². The minimum absolute atomic E-state index is 0.135. The molecule has 6 nitrogen and oxygen atoms in total. The SMILES string of the molecule is C[C@@H](C1CCCCC1)N1CCC(CCCNS(C)(=O)=O)(c2ccc(F)cc2)OC1=O. The summed E-state index contributed by atoms with van der Waals surface area (Å²) < 4.78 is 44.7. The molecule has 2 fully saturated rings. The first-order chi connectivity index (χ1) is 14.2. The fourth-order valence-corrected chi connectivity index (χ4v) is 5.33. The van der Waals surface area contributed by atoms with Crippen LogP contribution in [0.4, 0.5) is 9.18 Å². The topological polar surface area (TPSA) is 75.7 Å². The highest BCUT2D eigenvalue weighted by molar-refractivity contribution is 7.88. The molecule has 1 aliphatic heterocycles. The van der Waals surface area contributed by atoms with Crippen LogP contribution in [-0.4, -0.2) is 44.8 Å². The molecule has 2 aliphatic rings. The zero-order valence-corrected chi connectivity index (χ0v) is 18.7. The zero-order chi connectivity index (χ0) is 21.8. The van der Waals surface area contributed by atoms with E-state index in [0.29, 0.717) is 31.7 Å². The van der Waals surface area contributed by atoms with Crippen molar-refractivity contribution in [2.75, 3.05) is 19.3 Å². The summed E-state index contributed by atoms with van der Waals surface area (Å²) >= 11 is 0. The number of sulfonamides is 1. The lowest BCUT2D eigenvalue weighted by molar-refractivity contribution is -0.0715. The maximum absolute atomic E-state index is 13.5. The molecule has 1 unspecified atom stereocenters. The molecule has 1 aromatic carbocycles. The molecule has 1 amide bonds. The standard InChI is InChI=1S/C22H33FN2O4S/c1-17(18-7-4-3-5-8-18)25-16-14-22(29-21(25)26,13-6-15-24-30(2,27)28)19-9-11-20(23)12-10-19/h9-12,17-18,24H,3-8,13-16H2,1-2H3/t17-,22?/m0/s1. The van der Waals surface area contributed by atoms with Gasteiger partial charge < -0.3 is 9.64 Å². The fourth-order valence-electron chi connectivity index (χ4n) is 4.82. The summed E-state index contributed by atoms with van der Waals surface area (Å²) in [6.45, 7) is 2.95. The number of benzene rings is 1. The van der Waals surface area contributed by atoms with Gasteiger partial charge in [-0.1, -0.05) is 31.4 Å². The second-order valence-corrected chi connectivity index (χ2v) is 10.6. The molecule has 1 aromatic rings. The molecule has 0 aromatic heterocycles. The molecule has 3 rings (SSSR count). The molecule has 1 saturated heterocycles. The van der Waals surface area contributed by atoms with Crippen LogP contribution in [0, 0.1) is 11.7 Å². The van der Waals surface area contributed by atoms with E-state index in [4.69, 9.17) is 4.74 Å². The highest BCUT2D eigenvalue weighted by atomic mass is 32.2. The average molecular weight is 441 g/mol. The number of hydrogen-bond acceptors (Lipinski definition) is 4. The normalized spacial score (nSPS) is 24.5. The number of halogens is 1. The van der Waals surface area contributed by atoms with Gasteiger partial charge in [0.2, 0.25) is 10.0 Å². The number of nitrogens with zero attached hydrogens (tertiary/aromatic N) is 1. The van der Waals surface area contributed by atoms with Gasteiger partial charge in [0.25, 0.3) is 0 Å². The minimum atomic E-state index is -3.28. The molecule has 30 heavy (non-hydrogen) atoms. The van der Waals surface area contributed by atoms with Crippen LogP contribution in [0.3, 0.4) is 0 Å². The smallest absolute Gasteiger partial charge is 0.410 e. The Labute approximate surface area is 179 Å². The van der Waals surface area contributed by atoms with Crippen molar-refractivity contribution in [3.8, 4) is 0 Å². The Balaban J connectivity index is 1.73. The Morgan fingerprint density at radius 1 is 1.23 bits per heavy atom. The van der Waals surface area contributed by atoms with E-state index in [1.165, 1.54) is 31.4 Å². The van der Waals surface area contributed by atoms with Gasteiger partial charge in [0.05, 0.1) is 6.26 Å². The maximum Gasteiger partial charge on any atom is 0.410 e. The lowest BCUT2D eigenvalue weighted by Crippen LogP contribution is -2.53. The highest BCUT2D eigenvalue weighted by Gasteiger charge is 2.44. The number of hydrogen-bond donors (Lipinski definition) is 1. The average Bonchev–Trinajstić information content (AvgIpc) is 2.71. The quantitative estimate of drug-likeness (QED) is 0.616. The van der Waals surface area contributed by atoms with Crippen LogP contribution in [0.15, 0.2) is 24.3 Å². The molecule has 0 radical (unpaired) electrons. The van der Waals surface area contributed by atoms with Crippen molar-refractivity contribution in [2.45, 2.75) is 69.9 Å². The molecule has 1 N–H and O–H groups in total. The minimum Gasteiger partial charge on any atom is -0.438 e. The third kappa shape index (κ3) is 5.72. The molecule has 2 atom stereocenters. The van der Waals surface area contributed by atoms with Crippen molar-refractivity contribution >= 4 is 16.1 Å². The Morgan fingerprint density at radius 2 is 1.90 bits per heavy atom. The number of rotatable bonds is 8. The number of amides is 1. The van der Waals surface area contributed by atoms with Crippen LogP contribution in [-0.2, 0) is 20.4 Å². The van der Waals surface area contributed by atoms with Crippen LogP contribution in [0.2, 0.25) is 0 Å². The van der Waals surface area contributed by atoms with E-state index in [2.05, 4.69) is 11.6 Å². The lowest BCUT2D eigenvalue weighted by atomic mass is 9.82. The third-order valence-corrected chi connectivity index (χ3v) is 7.32. The predicted molar refractivity (Wildman–Crippen MR) is 114 cm³/mol. The fraction of sp³-hybridized carbons (Fsp3) is 0.682. The lowest BCUT2D eigenvalue weighted by Gasteiger charge is -2.45. The Kier molecular flexibility index (Phi) is 7.39. The second kappa shape index (κ2) is 9.64. The number of carbonyl (C=O) groups excluding carboxylic acids is 1. The molecule has 0 bridgehead atoms. The maximum atomic E-state index is 13.5. The summed E-state index contributed by atoms with van der Waals surface area (Å²) in [5.74, 6) is 0.158. The summed E-state index contributed by atoms with van der Waals surface area (Å²) in [5.41, 5.74) is -0.117. The van der Waals surface area contributed by atoms with Crippen LogP contribution in [0.1, 0.15) is 63.9 Å². The van der Waals surface area contributed by atoms with Crippen molar-refractivity contribution in [3.05, 3.63) is 35.6 Å².